The van der Waals surface area contributed by atoms with Crippen molar-refractivity contribution in [3.05, 3.63) is 10.1 Å². The van der Waals surface area contributed by atoms with Gasteiger partial charge in [-0.05, 0) is 13.0 Å². The molecular formula is C9H22N2O3. The van der Waals surface area contributed by atoms with Gasteiger partial charge in [0.15, 0.2) is 0 Å². The number of nitrogens with zero attached hydrogens (tertiary/aromatic N) is 1. The zero-order valence-corrected chi connectivity index (χ0v) is 8.95. The van der Waals surface area contributed by atoms with Crippen molar-refractivity contribution in [3.8, 4) is 0 Å². The molecule has 0 saturated heterocycles. The summed E-state index contributed by atoms with van der Waals surface area (Å²) < 4.78 is 0. The minimum atomic E-state index is -1.50. The molecule has 0 heterocycles. The SMILES string of the molecule is CCCCCCCCCN.O=[N+]([O-])O. The highest BCUT2D eigenvalue weighted by molar-refractivity contribution is 4.44. The number of rotatable bonds is 7. The summed E-state index contributed by atoms with van der Waals surface area (Å²) in [5, 5.41) is 13.6. The van der Waals surface area contributed by atoms with Crippen molar-refractivity contribution in [1.82, 2.24) is 0 Å². The van der Waals surface area contributed by atoms with Gasteiger partial charge in [0.05, 0.1) is 0 Å². The predicted molar refractivity (Wildman–Crippen MR) is 55.8 cm³/mol. The fourth-order valence-electron chi connectivity index (χ4n) is 1.10. The van der Waals surface area contributed by atoms with Gasteiger partial charge in [-0.2, -0.15) is 0 Å². The van der Waals surface area contributed by atoms with E-state index < -0.39 is 5.09 Å². The van der Waals surface area contributed by atoms with Crippen LogP contribution in [0.25, 0.3) is 0 Å². The summed E-state index contributed by atoms with van der Waals surface area (Å²) in [5.74, 6) is 0. The Morgan fingerprint density at radius 2 is 1.50 bits per heavy atom. The van der Waals surface area contributed by atoms with Gasteiger partial charge in [-0.15, -0.1) is 10.1 Å². The van der Waals surface area contributed by atoms with Crippen molar-refractivity contribution in [2.24, 2.45) is 5.73 Å². The van der Waals surface area contributed by atoms with Gasteiger partial charge in [0.2, 0.25) is 0 Å². The average Bonchev–Trinajstić information content (AvgIpc) is 2.10. The van der Waals surface area contributed by atoms with Crippen LogP contribution in [0.4, 0.5) is 0 Å². The van der Waals surface area contributed by atoms with E-state index >= 15 is 0 Å². The lowest BCUT2D eigenvalue weighted by molar-refractivity contribution is -0.742. The van der Waals surface area contributed by atoms with Gasteiger partial charge >= 0.3 is 0 Å². The first-order valence-corrected chi connectivity index (χ1v) is 5.18. The third-order valence-corrected chi connectivity index (χ3v) is 1.81. The van der Waals surface area contributed by atoms with E-state index in [-0.39, 0.29) is 0 Å². The molecule has 0 spiro atoms. The molecule has 0 aromatic rings. The van der Waals surface area contributed by atoms with Crippen LogP contribution in [0.2, 0.25) is 0 Å². The van der Waals surface area contributed by atoms with Gasteiger partial charge < -0.3 is 10.9 Å². The van der Waals surface area contributed by atoms with E-state index in [9.17, 15) is 0 Å². The molecule has 5 nitrogen and oxygen atoms in total. The Labute approximate surface area is 85.4 Å². The monoisotopic (exact) mass is 206 g/mol. The second-order valence-electron chi connectivity index (χ2n) is 3.15. The Morgan fingerprint density at radius 3 is 1.86 bits per heavy atom. The van der Waals surface area contributed by atoms with Crippen molar-refractivity contribution in [2.75, 3.05) is 6.54 Å². The molecule has 0 saturated carbocycles. The molecule has 0 fully saturated rings. The summed E-state index contributed by atoms with van der Waals surface area (Å²) >= 11 is 0. The predicted octanol–water partition coefficient (Wildman–Crippen LogP) is 2.35. The van der Waals surface area contributed by atoms with Crippen LogP contribution in [-0.4, -0.2) is 16.8 Å². The molecule has 14 heavy (non-hydrogen) atoms. The molecule has 0 bridgehead atoms. The summed E-state index contributed by atoms with van der Waals surface area (Å²) in [6, 6.07) is 0. The number of hydrogen-bond acceptors (Lipinski definition) is 3. The van der Waals surface area contributed by atoms with E-state index in [0.717, 1.165) is 6.54 Å². The maximum Gasteiger partial charge on any atom is 0.291 e. The minimum absolute atomic E-state index is 0.869. The van der Waals surface area contributed by atoms with Crippen molar-refractivity contribution >= 4 is 0 Å². The first-order valence-electron chi connectivity index (χ1n) is 5.18. The van der Waals surface area contributed by atoms with Crippen molar-refractivity contribution in [3.63, 3.8) is 0 Å². The number of hydrogen-bond donors (Lipinski definition) is 2. The Bertz CT molecular complexity index is 109. The fraction of sp³-hybridized carbons (Fsp3) is 1.00. The van der Waals surface area contributed by atoms with Gasteiger partial charge in [0.25, 0.3) is 5.09 Å². The lowest BCUT2D eigenvalue weighted by atomic mass is 10.1. The van der Waals surface area contributed by atoms with Crippen LogP contribution >= 0.6 is 0 Å². The fourth-order valence-corrected chi connectivity index (χ4v) is 1.10. The number of unbranched alkanes of at least 4 members (excludes halogenated alkanes) is 6. The van der Waals surface area contributed by atoms with E-state index in [1.165, 1.54) is 44.9 Å². The summed E-state index contributed by atoms with van der Waals surface area (Å²) in [6.07, 6.45) is 9.51. The Hall–Kier alpha value is -0.840. The highest BCUT2D eigenvalue weighted by Gasteiger charge is 1.87. The first kappa shape index (κ1) is 15.6. The maximum atomic E-state index is 8.36. The quantitative estimate of drug-likeness (QED) is 0.380. The van der Waals surface area contributed by atoms with Crippen molar-refractivity contribution in [1.29, 1.82) is 0 Å². The molecule has 0 aromatic heterocycles. The molecule has 0 rings (SSSR count). The summed E-state index contributed by atoms with van der Waals surface area (Å²) in [5.41, 5.74) is 5.37. The number of nitrogens with two attached hydrogens (primary N) is 1. The van der Waals surface area contributed by atoms with Crippen LogP contribution in [0, 0.1) is 10.1 Å². The van der Waals surface area contributed by atoms with Crippen LogP contribution < -0.4 is 5.73 Å². The molecule has 0 aromatic carbocycles. The molecule has 0 atom stereocenters. The van der Waals surface area contributed by atoms with Crippen molar-refractivity contribution < 1.29 is 10.3 Å². The van der Waals surface area contributed by atoms with Crippen molar-refractivity contribution in [2.45, 2.75) is 51.9 Å². The van der Waals surface area contributed by atoms with Crippen LogP contribution in [0.5, 0.6) is 0 Å². The lowest BCUT2D eigenvalue weighted by Gasteiger charge is -1.97. The average molecular weight is 206 g/mol. The zero-order chi connectivity index (χ0) is 11.2. The zero-order valence-electron chi connectivity index (χ0n) is 8.95. The van der Waals surface area contributed by atoms with E-state index in [0.29, 0.717) is 0 Å². The van der Waals surface area contributed by atoms with Crippen LogP contribution in [0.15, 0.2) is 0 Å². The molecule has 0 amide bonds. The third kappa shape index (κ3) is 30.4. The molecule has 3 N–H and O–H groups in total. The van der Waals surface area contributed by atoms with E-state index in [1.54, 1.807) is 0 Å². The van der Waals surface area contributed by atoms with E-state index in [2.05, 4.69) is 6.92 Å². The molecule has 5 heteroatoms. The van der Waals surface area contributed by atoms with Gasteiger partial charge in [0.1, 0.15) is 0 Å². The van der Waals surface area contributed by atoms with Gasteiger partial charge in [-0.1, -0.05) is 45.4 Å². The molecule has 0 unspecified atom stereocenters. The molecule has 0 radical (unpaired) electrons. The second kappa shape index (κ2) is 14.7. The van der Waals surface area contributed by atoms with Crippen LogP contribution in [0.1, 0.15) is 51.9 Å². The van der Waals surface area contributed by atoms with Gasteiger partial charge in [-0.3, -0.25) is 0 Å². The van der Waals surface area contributed by atoms with Gasteiger partial charge in [0, 0.05) is 0 Å². The normalized spacial score (nSPS) is 9.00. The molecule has 0 aliphatic rings. The second-order valence-corrected chi connectivity index (χ2v) is 3.15. The van der Waals surface area contributed by atoms with Crippen LogP contribution in [-0.2, 0) is 0 Å². The molecule has 86 valence electrons. The minimum Gasteiger partial charge on any atom is -0.330 e. The topological polar surface area (TPSA) is 89.4 Å². The largest absolute Gasteiger partial charge is 0.330 e. The standard InChI is InChI=1S/C9H21N.HNO3/c1-2-3-4-5-6-7-8-9-10;2-1(3)4/h2-10H2,1H3;(H,2,3,4). The summed E-state index contributed by atoms with van der Waals surface area (Å²) in [4.78, 5) is 8.36. The smallest absolute Gasteiger partial charge is 0.291 e. The van der Waals surface area contributed by atoms with Crippen LogP contribution in [0.3, 0.4) is 0 Å². The lowest BCUT2D eigenvalue weighted by Crippen LogP contribution is -1.97. The summed E-state index contributed by atoms with van der Waals surface area (Å²) in [7, 11) is 0. The highest BCUT2D eigenvalue weighted by Crippen LogP contribution is 2.05. The molecule has 0 aliphatic heterocycles. The van der Waals surface area contributed by atoms with E-state index in [1.807, 2.05) is 0 Å². The highest BCUT2D eigenvalue weighted by atomic mass is 16.9. The Kier molecular flexibility index (Phi) is 16.4. The van der Waals surface area contributed by atoms with E-state index in [4.69, 9.17) is 21.1 Å². The van der Waals surface area contributed by atoms with Gasteiger partial charge in [-0.25, -0.2) is 0 Å². The summed E-state index contributed by atoms with van der Waals surface area (Å²) in [6.45, 7) is 3.12. The third-order valence-electron chi connectivity index (χ3n) is 1.81. The first-order chi connectivity index (χ1) is 6.65. The Balaban J connectivity index is 0. The maximum absolute atomic E-state index is 8.36. The molecular weight excluding hydrogens is 184 g/mol. The molecule has 0 aliphatic carbocycles. The Morgan fingerprint density at radius 1 is 1.14 bits per heavy atom.